The lowest BCUT2D eigenvalue weighted by Crippen LogP contribution is -2.42. The summed E-state index contributed by atoms with van der Waals surface area (Å²) in [5, 5.41) is 0. The summed E-state index contributed by atoms with van der Waals surface area (Å²) < 4.78 is 6.46. The van der Waals surface area contributed by atoms with Crippen LogP contribution < -0.4 is 16.6 Å². The molecule has 0 aliphatic carbocycles. The third kappa shape index (κ3) is 3.32. The van der Waals surface area contributed by atoms with Crippen molar-refractivity contribution >= 4 is 22.9 Å². The zero-order valence-corrected chi connectivity index (χ0v) is 12.6. The van der Waals surface area contributed by atoms with Gasteiger partial charge in [-0.2, -0.15) is 0 Å². The van der Waals surface area contributed by atoms with Crippen LogP contribution in [0, 0.1) is 0 Å². The van der Waals surface area contributed by atoms with Gasteiger partial charge in [0.1, 0.15) is 5.69 Å². The molecule has 24 heavy (non-hydrogen) atoms. The average Bonchev–Trinajstić information content (AvgIpc) is 2.93. The van der Waals surface area contributed by atoms with Crippen molar-refractivity contribution < 1.29 is 14.0 Å². The lowest BCUT2D eigenvalue weighted by Gasteiger charge is -2.07. The average molecular weight is 326 g/mol. The summed E-state index contributed by atoms with van der Waals surface area (Å²) in [6.07, 6.45) is 1.49. The van der Waals surface area contributed by atoms with Crippen LogP contribution in [0.4, 0.5) is 0 Å². The van der Waals surface area contributed by atoms with E-state index in [0.29, 0.717) is 11.1 Å². The Morgan fingerprint density at radius 3 is 2.67 bits per heavy atom. The SMILES string of the molecule is O=C(CCn1c(=O)oc2ccccc21)NNC(=O)c1ccccn1. The second-order valence-corrected chi connectivity index (χ2v) is 4.95. The van der Waals surface area contributed by atoms with Crippen molar-refractivity contribution in [2.24, 2.45) is 0 Å². The first-order chi connectivity index (χ1) is 11.6. The molecule has 0 saturated carbocycles. The van der Waals surface area contributed by atoms with E-state index >= 15 is 0 Å². The Balaban J connectivity index is 1.57. The van der Waals surface area contributed by atoms with Crippen molar-refractivity contribution in [3.63, 3.8) is 0 Å². The fourth-order valence-corrected chi connectivity index (χ4v) is 2.19. The van der Waals surface area contributed by atoms with Gasteiger partial charge in [-0.1, -0.05) is 18.2 Å². The summed E-state index contributed by atoms with van der Waals surface area (Å²) in [6.45, 7) is 0.140. The van der Waals surface area contributed by atoms with E-state index in [1.807, 2.05) is 0 Å². The van der Waals surface area contributed by atoms with E-state index in [9.17, 15) is 14.4 Å². The third-order valence-electron chi connectivity index (χ3n) is 3.35. The predicted octanol–water partition coefficient (Wildman–Crippen LogP) is 0.841. The zero-order valence-electron chi connectivity index (χ0n) is 12.6. The summed E-state index contributed by atoms with van der Waals surface area (Å²) in [7, 11) is 0. The normalized spacial score (nSPS) is 10.5. The quantitative estimate of drug-likeness (QED) is 0.691. The molecule has 0 radical (unpaired) electrons. The van der Waals surface area contributed by atoms with Crippen LogP contribution in [0.25, 0.3) is 11.1 Å². The van der Waals surface area contributed by atoms with Crippen molar-refractivity contribution in [1.82, 2.24) is 20.4 Å². The van der Waals surface area contributed by atoms with Crippen LogP contribution in [0.15, 0.2) is 57.9 Å². The van der Waals surface area contributed by atoms with Gasteiger partial charge in [-0.3, -0.25) is 30.0 Å². The van der Waals surface area contributed by atoms with Gasteiger partial charge in [0.15, 0.2) is 5.58 Å². The van der Waals surface area contributed by atoms with E-state index in [1.165, 1.54) is 16.8 Å². The fraction of sp³-hybridized carbons (Fsp3) is 0.125. The van der Waals surface area contributed by atoms with E-state index in [4.69, 9.17) is 4.42 Å². The molecule has 2 N–H and O–H groups in total. The molecule has 0 bridgehead atoms. The van der Waals surface area contributed by atoms with Crippen LogP contribution in [-0.2, 0) is 11.3 Å². The summed E-state index contributed by atoms with van der Waals surface area (Å²) in [6, 6.07) is 11.8. The number of hydrogen-bond acceptors (Lipinski definition) is 5. The second-order valence-electron chi connectivity index (χ2n) is 4.95. The van der Waals surface area contributed by atoms with E-state index < -0.39 is 17.6 Å². The van der Waals surface area contributed by atoms with Gasteiger partial charge in [-0.25, -0.2) is 4.79 Å². The Kier molecular flexibility index (Phi) is 4.37. The minimum absolute atomic E-state index is 0.00589. The molecule has 8 nitrogen and oxygen atoms in total. The third-order valence-corrected chi connectivity index (χ3v) is 3.35. The molecule has 2 amide bonds. The van der Waals surface area contributed by atoms with Crippen molar-refractivity contribution in [3.8, 4) is 0 Å². The van der Waals surface area contributed by atoms with Gasteiger partial charge >= 0.3 is 5.76 Å². The number of nitrogens with zero attached hydrogens (tertiary/aromatic N) is 2. The molecular formula is C16H14N4O4. The molecule has 0 aliphatic rings. The smallest absolute Gasteiger partial charge is 0.408 e. The maximum atomic E-state index is 11.8. The van der Waals surface area contributed by atoms with Gasteiger partial charge in [0, 0.05) is 19.2 Å². The predicted molar refractivity (Wildman–Crippen MR) is 84.9 cm³/mol. The number of aryl methyl sites for hydroxylation is 1. The molecule has 0 unspecified atom stereocenters. The first-order valence-corrected chi connectivity index (χ1v) is 7.24. The Bertz CT molecular complexity index is 930. The lowest BCUT2D eigenvalue weighted by molar-refractivity contribution is -0.122. The number of amides is 2. The standard InChI is InChI=1S/C16H14N4O4/c21-14(18-19-15(22)11-5-3-4-9-17-11)8-10-20-12-6-1-2-7-13(12)24-16(20)23/h1-7,9H,8,10H2,(H,18,21)(H,19,22). The summed E-state index contributed by atoms with van der Waals surface area (Å²) >= 11 is 0. The highest BCUT2D eigenvalue weighted by molar-refractivity contribution is 5.93. The number of fused-ring (bicyclic) bond motifs is 1. The van der Waals surface area contributed by atoms with Crippen molar-refractivity contribution in [3.05, 3.63) is 64.9 Å². The number of para-hydroxylation sites is 2. The maximum Gasteiger partial charge on any atom is 0.419 e. The Hall–Kier alpha value is -3.42. The van der Waals surface area contributed by atoms with Gasteiger partial charge in [0.25, 0.3) is 5.91 Å². The highest BCUT2D eigenvalue weighted by atomic mass is 16.4. The van der Waals surface area contributed by atoms with Crippen LogP contribution >= 0.6 is 0 Å². The minimum Gasteiger partial charge on any atom is -0.408 e. The van der Waals surface area contributed by atoms with Crippen LogP contribution in [0.3, 0.4) is 0 Å². The fourth-order valence-electron chi connectivity index (χ4n) is 2.19. The number of nitrogens with one attached hydrogen (secondary N) is 2. The molecular weight excluding hydrogens is 312 g/mol. The lowest BCUT2D eigenvalue weighted by atomic mass is 10.3. The topological polar surface area (TPSA) is 106 Å². The minimum atomic E-state index is -0.526. The Morgan fingerprint density at radius 2 is 1.88 bits per heavy atom. The number of carbonyl (C=O) groups is 2. The molecule has 0 aliphatic heterocycles. The molecule has 3 rings (SSSR count). The number of pyridine rings is 1. The van der Waals surface area contributed by atoms with Crippen LogP contribution in [0.1, 0.15) is 16.9 Å². The van der Waals surface area contributed by atoms with E-state index in [-0.39, 0.29) is 18.7 Å². The van der Waals surface area contributed by atoms with Crippen molar-refractivity contribution in [2.45, 2.75) is 13.0 Å². The largest absolute Gasteiger partial charge is 0.419 e. The number of oxazole rings is 1. The zero-order chi connectivity index (χ0) is 16.9. The molecule has 2 aromatic heterocycles. The number of hydrazine groups is 1. The number of carbonyl (C=O) groups excluding carboxylic acids is 2. The Morgan fingerprint density at radius 1 is 1.08 bits per heavy atom. The molecule has 0 spiro atoms. The van der Waals surface area contributed by atoms with Crippen LogP contribution in [0.5, 0.6) is 0 Å². The van der Waals surface area contributed by atoms with E-state index in [0.717, 1.165) is 0 Å². The van der Waals surface area contributed by atoms with Crippen LogP contribution in [-0.4, -0.2) is 21.4 Å². The molecule has 3 aromatic rings. The molecule has 0 saturated heterocycles. The van der Waals surface area contributed by atoms with Crippen molar-refractivity contribution in [1.29, 1.82) is 0 Å². The molecule has 0 fully saturated rings. The van der Waals surface area contributed by atoms with Gasteiger partial charge in [-0.05, 0) is 24.3 Å². The summed E-state index contributed by atoms with van der Waals surface area (Å²) in [4.78, 5) is 39.2. The van der Waals surface area contributed by atoms with Crippen molar-refractivity contribution in [2.75, 3.05) is 0 Å². The molecule has 0 atom stereocenters. The van der Waals surface area contributed by atoms with Gasteiger partial charge < -0.3 is 4.42 Å². The second kappa shape index (κ2) is 6.78. The molecule has 2 heterocycles. The van der Waals surface area contributed by atoms with E-state index in [2.05, 4.69) is 15.8 Å². The first kappa shape index (κ1) is 15.5. The maximum absolute atomic E-state index is 11.8. The first-order valence-electron chi connectivity index (χ1n) is 7.24. The summed E-state index contributed by atoms with van der Waals surface area (Å²) in [5.41, 5.74) is 5.83. The Labute approximate surface area is 136 Å². The van der Waals surface area contributed by atoms with E-state index in [1.54, 1.807) is 36.4 Å². The highest BCUT2D eigenvalue weighted by Crippen LogP contribution is 2.11. The number of aromatic nitrogens is 2. The van der Waals surface area contributed by atoms with Gasteiger partial charge in [0.2, 0.25) is 5.91 Å². The number of hydrogen-bond donors (Lipinski definition) is 2. The highest BCUT2D eigenvalue weighted by Gasteiger charge is 2.11. The molecule has 1 aromatic carbocycles. The molecule has 122 valence electrons. The summed E-state index contributed by atoms with van der Waals surface area (Å²) in [5.74, 6) is -1.48. The van der Waals surface area contributed by atoms with Gasteiger partial charge in [0.05, 0.1) is 5.52 Å². The van der Waals surface area contributed by atoms with Crippen LogP contribution in [0.2, 0.25) is 0 Å². The number of rotatable bonds is 4. The molecule has 8 heteroatoms. The number of benzene rings is 1. The van der Waals surface area contributed by atoms with Gasteiger partial charge in [-0.15, -0.1) is 0 Å². The monoisotopic (exact) mass is 326 g/mol.